The Hall–Kier alpha value is 1.56. The minimum Gasteiger partial charge on any atom is -0.287 e. The van der Waals surface area contributed by atoms with E-state index in [9.17, 15) is 0 Å². The minimum atomic E-state index is -1.58. The highest BCUT2D eigenvalue weighted by Gasteiger charge is 2.07. The number of hydrogen-bond donors (Lipinski definition) is 1. The third kappa shape index (κ3) is 47.5. The molecule has 0 fully saturated rings. The Morgan fingerprint density at radius 2 is 1.17 bits per heavy atom. The molecule has 0 heterocycles. The SMILES string of the molecule is I.NC(Cl)(Cl)Cl. The molecule has 0 rings (SSSR count). The normalized spacial score (nSPS) is 10.0. The van der Waals surface area contributed by atoms with Gasteiger partial charge in [0.1, 0.15) is 0 Å². The number of halogens is 4. The molecule has 0 aliphatic carbocycles. The summed E-state index contributed by atoms with van der Waals surface area (Å²) < 4.78 is -1.58. The summed E-state index contributed by atoms with van der Waals surface area (Å²) in [7, 11) is 0. The Balaban J connectivity index is 0. The summed E-state index contributed by atoms with van der Waals surface area (Å²) in [4.78, 5) is 0. The fourth-order valence-electron chi connectivity index (χ4n) is 0. The van der Waals surface area contributed by atoms with E-state index in [-0.39, 0.29) is 24.0 Å². The first-order chi connectivity index (χ1) is 2.00. The van der Waals surface area contributed by atoms with Crippen molar-refractivity contribution in [2.75, 3.05) is 0 Å². The van der Waals surface area contributed by atoms with E-state index in [1.54, 1.807) is 0 Å². The molecule has 0 aromatic rings. The molecule has 40 valence electrons. The second-order valence-electron chi connectivity index (χ2n) is 0.542. The highest BCUT2D eigenvalue weighted by molar-refractivity contribution is 14.0. The van der Waals surface area contributed by atoms with Crippen molar-refractivity contribution in [2.45, 2.75) is 3.92 Å². The van der Waals surface area contributed by atoms with Gasteiger partial charge in [-0.3, -0.25) is 5.73 Å². The lowest BCUT2D eigenvalue weighted by molar-refractivity contribution is 1.17. The number of nitrogens with two attached hydrogens (primary N) is 1. The molecule has 0 aliphatic rings. The van der Waals surface area contributed by atoms with Crippen LogP contribution < -0.4 is 5.73 Å². The van der Waals surface area contributed by atoms with E-state index in [1.165, 1.54) is 0 Å². The van der Waals surface area contributed by atoms with Gasteiger partial charge < -0.3 is 0 Å². The topological polar surface area (TPSA) is 26.0 Å². The van der Waals surface area contributed by atoms with Gasteiger partial charge in [-0.05, 0) is 0 Å². The molecule has 0 aromatic heterocycles. The van der Waals surface area contributed by atoms with Gasteiger partial charge in [-0.25, -0.2) is 0 Å². The molecule has 0 aromatic carbocycles. The zero-order valence-electron chi connectivity index (χ0n) is 2.62. The molecule has 0 spiro atoms. The average Bonchev–Trinajstić information content (AvgIpc) is 0.722. The van der Waals surface area contributed by atoms with Gasteiger partial charge in [-0.15, -0.1) is 24.0 Å². The van der Waals surface area contributed by atoms with Crippen LogP contribution in [0.5, 0.6) is 0 Å². The number of rotatable bonds is 0. The molecule has 0 aliphatic heterocycles. The Morgan fingerprint density at radius 3 is 1.17 bits per heavy atom. The zero-order chi connectivity index (χ0) is 4.50. The van der Waals surface area contributed by atoms with Crippen LogP contribution in [0.15, 0.2) is 0 Å². The fraction of sp³-hybridized carbons (Fsp3) is 1.00. The molecule has 0 atom stereocenters. The van der Waals surface area contributed by atoms with E-state index < -0.39 is 3.92 Å². The third-order valence-corrected chi connectivity index (χ3v) is 0. The zero-order valence-corrected chi connectivity index (χ0v) is 7.22. The van der Waals surface area contributed by atoms with Crippen LogP contribution in [-0.4, -0.2) is 3.92 Å². The first-order valence-corrected chi connectivity index (χ1v) is 1.99. The van der Waals surface area contributed by atoms with Gasteiger partial charge in [0, 0.05) is 0 Å². The van der Waals surface area contributed by atoms with Crippen molar-refractivity contribution in [2.24, 2.45) is 5.73 Å². The van der Waals surface area contributed by atoms with E-state index in [1.807, 2.05) is 0 Å². The molecule has 5 heteroatoms. The third-order valence-electron chi connectivity index (χ3n) is 0. The first kappa shape index (κ1) is 10.5. The molecule has 0 radical (unpaired) electrons. The van der Waals surface area contributed by atoms with E-state index in [4.69, 9.17) is 34.8 Å². The van der Waals surface area contributed by atoms with Crippen LogP contribution in [0.3, 0.4) is 0 Å². The molecule has 6 heavy (non-hydrogen) atoms. The lowest BCUT2D eigenvalue weighted by Gasteiger charge is -1.95. The molecule has 2 N–H and O–H groups in total. The lowest BCUT2D eigenvalue weighted by Crippen LogP contribution is -2.15. The monoisotopic (exact) mass is 261 g/mol. The Morgan fingerprint density at radius 1 is 1.17 bits per heavy atom. The lowest BCUT2D eigenvalue weighted by atomic mass is 11.5. The van der Waals surface area contributed by atoms with Crippen molar-refractivity contribution in [3.8, 4) is 0 Å². The van der Waals surface area contributed by atoms with Crippen molar-refractivity contribution in [3.63, 3.8) is 0 Å². The second kappa shape index (κ2) is 3.55. The van der Waals surface area contributed by atoms with Gasteiger partial charge in [0.2, 0.25) is 3.92 Å². The van der Waals surface area contributed by atoms with Gasteiger partial charge >= 0.3 is 0 Å². The predicted octanol–water partition coefficient (Wildman–Crippen LogP) is 1.89. The molecule has 0 saturated carbocycles. The molecule has 0 saturated heterocycles. The maximum atomic E-state index is 4.84. The molecule has 1 nitrogen and oxygen atoms in total. The Labute approximate surface area is 68.1 Å². The summed E-state index contributed by atoms with van der Waals surface area (Å²) in [5, 5.41) is 0. The second-order valence-corrected chi connectivity index (χ2v) is 2.91. The van der Waals surface area contributed by atoms with Crippen LogP contribution in [0, 0.1) is 0 Å². The van der Waals surface area contributed by atoms with Gasteiger partial charge in [-0.1, -0.05) is 34.8 Å². The van der Waals surface area contributed by atoms with Crippen LogP contribution >= 0.6 is 58.8 Å². The summed E-state index contributed by atoms with van der Waals surface area (Å²) in [5.41, 5.74) is 4.65. The smallest absolute Gasteiger partial charge is 0.242 e. The van der Waals surface area contributed by atoms with Crippen molar-refractivity contribution < 1.29 is 0 Å². The summed E-state index contributed by atoms with van der Waals surface area (Å²) in [6.07, 6.45) is 0. The summed E-state index contributed by atoms with van der Waals surface area (Å²) in [6, 6.07) is 0. The molecule has 0 unspecified atom stereocenters. The quantitative estimate of drug-likeness (QED) is 0.403. The van der Waals surface area contributed by atoms with Crippen molar-refractivity contribution in [1.29, 1.82) is 0 Å². The maximum Gasteiger partial charge on any atom is 0.242 e. The minimum absolute atomic E-state index is 0. The Kier molecular flexibility index (Phi) is 6.22. The van der Waals surface area contributed by atoms with Gasteiger partial charge in [0.05, 0.1) is 0 Å². The first-order valence-electron chi connectivity index (χ1n) is 0.856. The molecule has 0 amide bonds. The van der Waals surface area contributed by atoms with E-state index in [0.717, 1.165) is 0 Å². The van der Waals surface area contributed by atoms with E-state index in [2.05, 4.69) is 5.73 Å². The maximum absolute atomic E-state index is 4.84. The van der Waals surface area contributed by atoms with Crippen LogP contribution in [0.25, 0.3) is 0 Å². The van der Waals surface area contributed by atoms with E-state index >= 15 is 0 Å². The van der Waals surface area contributed by atoms with Gasteiger partial charge in [-0.2, -0.15) is 0 Å². The van der Waals surface area contributed by atoms with Crippen LogP contribution in [0.1, 0.15) is 0 Å². The highest BCUT2D eigenvalue weighted by Crippen LogP contribution is 2.16. The van der Waals surface area contributed by atoms with E-state index in [0.29, 0.717) is 0 Å². The summed E-state index contributed by atoms with van der Waals surface area (Å²) >= 11 is 14.5. The number of hydrogen-bond acceptors (Lipinski definition) is 1. The van der Waals surface area contributed by atoms with Crippen molar-refractivity contribution >= 4 is 58.8 Å². The summed E-state index contributed by atoms with van der Waals surface area (Å²) in [6.45, 7) is 0. The fourth-order valence-corrected chi connectivity index (χ4v) is 0. The van der Waals surface area contributed by atoms with Crippen molar-refractivity contribution in [1.82, 2.24) is 0 Å². The van der Waals surface area contributed by atoms with Crippen molar-refractivity contribution in [3.05, 3.63) is 0 Å². The largest absolute Gasteiger partial charge is 0.287 e. The molecular formula is CH3Cl3IN. The standard InChI is InChI=1S/CH2Cl3N.HI/c2-1(3,4)5;/h5H2;1H. The Bertz CT molecular complexity index is 26.3. The van der Waals surface area contributed by atoms with Crippen LogP contribution in [0.4, 0.5) is 0 Å². The van der Waals surface area contributed by atoms with Gasteiger partial charge in [0.25, 0.3) is 0 Å². The molecular weight excluding hydrogens is 259 g/mol. The average molecular weight is 262 g/mol. The molecule has 0 bridgehead atoms. The van der Waals surface area contributed by atoms with Gasteiger partial charge in [0.15, 0.2) is 0 Å². The van der Waals surface area contributed by atoms with Crippen LogP contribution in [-0.2, 0) is 0 Å². The summed E-state index contributed by atoms with van der Waals surface area (Å²) in [5.74, 6) is 0. The van der Waals surface area contributed by atoms with Crippen LogP contribution in [0.2, 0.25) is 0 Å². The highest BCUT2D eigenvalue weighted by atomic mass is 127. The predicted molar refractivity (Wildman–Crippen MR) is 39.9 cm³/mol. The number of alkyl halides is 3.